The second-order valence-electron chi connectivity index (χ2n) is 7.42. The highest BCUT2D eigenvalue weighted by molar-refractivity contribution is 5.94. The number of hydrogen-bond acceptors (Lipinski definition) is 2. The highest BCUT2D eigenvalue weighted by atomic mass is 19.2. The Morgan fingerprint density at radius 3 is 2.38 bits per heavy atom. The fraction of sp³-hybridized carbons (Fsp3) is 0.600. The molecule has 26 heavy (non-hydrogen) atoms. The Kier molecular flexibility index (Phi) is 6.22. The summed E-state index contributed by atoms with van der Waals surface area (Å²) >= 11 is 0. The summed E-state index contributed by atoms with van der Waals surface area (Å²) in [6.07, 6.45) is 8.29. The molecule has 1 aromatic carbocycles. The number of benzene rings is 1. The van der Waals surface area contributed by atoms with Crippen LogP contribution in [0.2, 0.25) is 0 Å². The molecule has 6 heteroatoms. The van der Waals surface area contributed by atoms with Crippen molar-refractivity contribution in [2.45, 2.75) is 57.4 Å². The van der Waals surface area contributed by atoms with E-state index in [0.29, 0.717) is 13.1 Å². The van der Waals surface area contributed by atoms with Crippen molar-refractivity contribution >= 4 is 11.8 Å². The van der Waals surface area contributed by atoms with Gasteiger partial charge in [-0.25, -0.2) is 8.78 Å². The van der Waals surface area contributed by atoms with Crippen LogP contribution >= 0.6 is 0 Å². The third-order valence-corrected chi connectivity index (χ3v) is 5.45. The zero-order valence-electron chi connectivity index (χ0n) is 15.0. The molecule has 1 saturated heterocycles. The summed E-state index contributed by atoms with van der Waals surface area (Å²) in [6.45, 7) is 0.863. The summed E-state index contributed by atoms with van der Waals surface area (Å²) in [5.74, 6) is -2.58. The van der Waals surface area contributed by atoms with E-state index in [-0.39, 0.29) is 29.3 Å². The van der Waals surface area contributed by atoms with Gasteiger partial charge in [0.15, 0.2) is 11.6 Å². The summed E-state index contributed by atoms with van der Waals surface area (Å²) < 4.78 is 26.5. The summed E-state index contributed by atoms with van der Waals surface area (Å²) in [5, 5.41) is 3.16. The van der Waals surface area contributed by atoms with E-state index in [1.807, 2.05) is 0 Å². The predicted octanol–water partition coefficient (Wildman–Crippen LogP) is 3.66. The Labute approximate surface area is 152 Å². The second-order valence-corrected chi connectivity index (χ2v) is 7.42. The van der Waals surface area contributed by atoms with Crippen LogP contribution in [-0.4, -0.2) is 35.8 Å². The number of hydrogen-bond donors (Lipinski definition) is 1. The molecule has 1 N–H and O–H groups in total. The molecule has 1 saturated carbocycles. The lowest BCUT2D eigenvalue weighted by atomic mass is 9.95. The minimum atomic E-state index is -1.03. The van der Waals surface area contributed by atoms with Gasteiger partial charge >= 0.3 is 0 Å². The topological polar surface area (TPSA) is 49.4 Å². The van der Waals surface area contributed by atoms with Crippen molar-refractivity contribution in [1.29, 1.82) is 0 Å². The zero-order chi connectivity index (χ0) is 18.5. The van der Waals surface area contributed by atoms with Crippen LogP contribution in [0.25, 0.3) is 0 Å². The Bertz CT molecular complexity index is 657. The van der Waals surface area contributed by atoms with Crippen LogP contribution < -0.4 is 5.32 Å². The SMILES string of the molecule is O=C(NC1CCCCCC1)C1CCCN(C(=O)c2ccc(F)c(F)c2)C1. The van der Waals surface area contributed by atoms with E-state index in [9.17, 15) is 18.4 Å². The third-order valence-electron chi connectivity index (χ3n) is 5.45. The van der Waals surface area contributed by atoms with E-state index in [1.165, 1.54) is 18.9 Å². The van der Waals surface area contributed by atoms with Crippen LogP contribution in [-0.2, 0) is 4.79 Å². The second kappa shape index (κ2) is 8.60. The molecule has 2 fully saturated rings. The lowest BCUT2D eigenvalue weighted by Gasteiger charge is -2.33. The molecule has 0 bridgehead atoms. The van der Waals surface area contributed by atoms with E-state index in [2.05, 4.69) is 5.32 Å². The normalized spacial score (nSPS) is 21.9. The van der Waals surface area contributed by atoms with Gasteiger partial charge in [-0.3, -0.25) is 9.59 Å². The van der Waals surface area contributed by atoms with Crippen LogP contribution in [0.3, 0.4) is 0 Å². The molecule has 2 aliphatic rings. The van der Waals surface area contributed by atoms with Gasteiger partial charge in [-0.2, -0.15) is 0 Å². The minimum absolute atomic E-state index is 0.0136. The molecular formula is C20H26F2N2O2. The number of likely N-dealkylation sites (tertiary alicyclic amines) is 1. The molecule has 0 aromatic heterocycles. The van der Waals surface area contributed by atoms with Gasteiger partial charge in [0.05, 0.1) is 5.92 Å². The van der Waals surface area contributed by atoms with E-state index in [0.717, 1.165) is 50.7 Å². The van der Waals surface area contributed by atoms with Crippen molar-refractivity contribution in [1.82, 2.24) is 10.2 Å². The highest BCUT2D eigenvalue weighted by Crippen LogP contribution is 2.22. The summed E-state index contributed by atoms with van der Waals surface area (Å²) in [5.41, 5.74) is 0.119. The maximum absolute atomic E-state index is 13.4. The first-order valence-electron chi connectivity index (χ1n) is 9.59. The lowest BCUT2D eigenvalue weighted by molar-refractivity contribution is -0.127. The monoisotopic (exact) mass is 364 g/mol. The number of carbonyl (C=O) groups excluding carboxylic acids is 2. The molecule has 142 valence electrons. The molecule has 1 aromatic rings. The first kappa shape index (κ1) is 18.8. The van der Waals surface area contributed by atoms with Gasteiger partial charge in [0.2, 0.25) is 5.91 Å². The van der Waals surface area contributed by atoms with Crippen LogP contribution in [0, 0.1) is 17.6 Å². The molecule has 1 aliphatic heterocycles. The van der Waals surface area contributed by atoms with Gasteiger partial charge in [0, 0.05) is 24.7 Å². The van der Waals surface area contributed by atoms with E-state index in [1.54, 1.807) is 4.90 Å². The third kappa shape index (κ3) is 4.59. The number of carbonyl (C=O) groups is 2. The van der Waals surface area contributed by atoms with Crippen LogP contribution in [0.5, 0.6) is 0 Å². The van der Waals surface area contributed by atoms with Gasteiger partial charge in [-0.15, -0.1) is 0 Å². The Morgan fingerprint density at radius 1 is 0.962 bits per heavy atom. The highest BCUT2D eigenvalue weighted by Gasteiger charge is 2.30. The van der Waals surface area contributed by atoms with Crippen LogP contribution in [0.1, 0.15) is 61.7 Å². The number of halogens is 2. The standard InChI is InChI=1S/C20H26F2N2O2/c21-17-10-9-14(12-18(17)22)20(26)24-11-5-6-15(13-24)19(25)23-16-7-3-1-2-4-8-16/h9-10,12,15-16H,1-8,11,13H2,(H,23,25). The Morgan fingerprint density at radius 2 is 1.69 bits per heavy atom. The summed E-state index contributed by atoms with van der Waals surface area (Å²) in [7, 11) is 0. The number of nitrogens with zero attached hydrogens (tertiary/aromatic N) is 1. The van der Waals surface area contributed by atoms with Crippen molar-refractivity contribution in [3.05, 3.63) is 35.4 Å². The fourth-order valence-electron chi connectivity index (χ4n) is 3.93. The molecular weight excluding hydrogens is 338 g/mol. The van der Waals surface area contributed by atoms with Gasteiger partial charge in [-0.05, 0) is 43.9 Å². The van der Waals surface area contributed by atoms with Crippen molar-refractivity contribution < 1.29 is 18.4 Å². The van der Waals surface area contributed by atoms with Crippen LogP contribution in [0.4, 0.5) is 8.78 Å². The minimum Gasteiger partial charge on any atom is -0.353 e. The zero-order valence-corrected chi connectivity index (χ0v) is 15.0. The Hall–Kier alpha value is -1.98. The predicted molar refractivity (Wildman–Crippen MR) is 94.6 cm³/mol. The van der Waals surface area contributed by atoms with Crippen molar-refractivity contribution in [2.75, 3.05) is 13.1 Å². The first-order valence-corrected chi connectivity index (χ1v) is 9.59. The molecule has 1 unspecified atom stereocenters. The molecule has 4 nitrogen and oxygen atoms in total. The molecule has 3 rings (SSSR count). The van der Waals surface area contributed by atoms with Gasteiger partial charge in [0.25, 0.3) is 5.91 Å². The quantitative estimate of drug-likeness (QED) is 0.832. The van der Waals surface area contributed by atoms with E-state index in [4.69, 9.17) is 0 Å². The molecule has 0 spiro atoms. The number of nitrogens with one attached hydrogen (secondary N) is 1. The average molecular weight is 364 g/mol. The van der Waals surface area contributed by atoms with Crippen molar-refractivity contribution in [3.63, 3.8) is 0 Å². The molecule has 0 radical (unpaired) electrons. The summed E-state index contributed by atoms with van der Waals surface area (Å²) in [6, 6.07) is 3.41. The number of rotatable bonds is 3. The van der Waals surface area contributed by atoms with Crippen LogP contribution in [0.15, 0.2) is 18.2 Å². The van der Waals surface area contributed by atoms with E-state index >= 15 is 0 Å². The molecule has 1 heterocycles. The van der Waals surface area contributed by atoms with Gasteiger partial charge in [-0.1, -0.05) is 25.7 Å². The largest absolute Gasteiger partial charge is 0.353 e. The Balaban J connectivity index is 1.60. The van der Waals surface area contributed by atoms with Crippen molar-refractivity contribution in [2.24, 2.45) is 5.92 Å². The average Bonchev–Trinajstić information content (AvgIpc) is 2.92. The molecule has 1 aliphatic carbocycles. The van der Waals surface area contributed by atoms with E-state index < -0.39 is 11.6 Å². The molecule has 1 atom stereocenters. The maximum Gasteiger partial charge on any atom is 0.253 e. The van der Waals surface area contributed by atoms with Crippen molar-refractivity contribution in [3.8, 4) is 0 Å². The smallest absolute Gasteiger partial charge is 0.253 e. The number of amides is 2. The number of piperidine rings is 1. The molecule has 2 amide bonds. The van der Waals surface area contributed by atoms with Gasteiger partial charge < -0.3 is 10.2 Å². The lowest BCUT2D eigenvalue weighted by Crippen LogP contribution is -2.47. The maximum atomic E-state index is 13.4. The summed E-state index contributed by atoms with van der Waals surface area (Å²) in [4.78, 5) is 26.8. The van der Waals surface area contributed by atoms with Gasteiger partial charge in [0.1, 0.15) is 0 Å². The fourth-order valence-corrected chi connectivity index (χ4v) is 3.93. The first-order chi connectivity index (χ1) is 12.5.